The van der Waals surface area contributed by atoms with Gasteiger partial charge in [0.1, 0.15) is 0 Å². The number of allylic oxidation sites excluding steroid dienone is 2. The summed E-state index contributed by atoms with van der Waals surface area (Å²) in [5.74, 6) is 0.951. The van der Waals surface area contributed by atoms with Crippen molar-refractivity contribution in [2.45, 2.75) is 32.7 Å². The van der Waals surface area contributed by atoms with Crippen LogP contribution in [0.5, 0.6) is 0 Å². The van der Waals surface area contributed by atoms with Crippen molar-refractivity contribution in [1.29, 1.82) is 0 Å². The second-order valence-corrected chi connectivity index (χ2v) is 8.58. The minimum Gasteiger partial charge on any atom is -0.329 e. The summed E-state index contributed by atoms with van der Waals surface area (Å²) in [5, 5.41) is 4.13. The SMILES string of the molecule is CC1(C)CC(=O)C2=C(C1)Nc1nc3ccccc3n1C2c1ccccc1Cl. The molecule has 0 saturated carbocycles. The Kier molecular flexibility index (Phi) is 3.50. The monoisotopic (exact) mass is 377 g/mol. The van der Waals surface area contributed by atoms with Crippen molar-refractivity contribution >= 4 is 34.4 Å². The molecule has 4 nitrogen and oxygen atoms in total. The summed E-state index contributed by atoms with van der Waals surface area (Å²) >= 11 is 6.59. The molecular formula is C22H20ClN3O. The van der Waals surface area contributed by atoms with Crippen molar-refractivity contribution in [2.24, 2.45) is 5.41 Å². The maximum Gasteiger partial charge on any atom is 0.209 e. The molecule has 1 N–H and O–H groups in total. The normalized spacial score (nSPS) is 21.0. The van der Waals surface area contributed by atoms with E-state index in [1.54, 1.807) is 0 Å². The van der Waals surface area contributed by atoms with Crippen molar-refractivity contribution in [3.63, 3.8) is 0 Å². The van der Waals surface area contributed by atoms with Crippen LogP contribution in [0.2, 0.25) is 5.02 Å². The van der Waals surface area contributed by atoms with Crippen LogP contribution in [0, 0.1) is 5.41 Å². The van der Waals surface area contributed by atoms with Gasteiger partial charge in [-0.25, -0.2) is 4.98 Å². The predicted octanol–water partition coefficient (Wildman–Crippen LogP) is 5.35. The molecule has 136 valence electrons. The fraction of sp³-hybridized carbons (Fsp3) is 0.273. The first kappa shape index (κ1) is 16.6. The Morgan fingerprint density at radius 3 is 2.67 bits per heavy atom. The van der Waals surface area contributed by atoms with Crippen LogP contribution in [0.25, 0.3) is 11.0 Å². The zero-order valence-corrected chi connectivity index (χ0v) is 16.0. The van der Waals surface area contributed by atoms with E-state index >= 15 is 0 Å². The molecule has 2 aromatic carbocycles. The van der Waals surface area contributed by atoms with Gasteiger partial charge < -0.3 is 5.32 Å². The number of anilines is 1. The lowest BCUT2D eigenvalue weighted by atomic mass is 9.73. The maximum atomic E-state index is 13.2. The van der Waals surface area contributed by atoms with Crippen molar-refractivity contribution in [3.05, 3.63) is 70.4 Å². The van der Waals surface area contributed by atoms with Gasteiger partial charge in [0.2, 0.25) is 5.95 Å². The molecular weight excluding hydrogens is 358 g/mol. The fourth-order valence-electron chi connectivity index (χ4n) is 4.41. The average Bonchev–Trinajstić information content (AvgIpc) is 2.97. The van der Waals surface area contributed by atoms with E-state index in [0.717, 1.165) is 40.2 Å². The molecule has 3 aromatic rings. The van der Waals surface area contributed by atoms with Gasteiger partial charge in [0.25, 0.3) is 0 Å². The minimum atomic E-state index is -0.263. The Bertz CT molecular complexity index is 1130. The minimum absolute atomic E-state index is 0.0673. The number of carbonyl (C=O) groups is 1. The van der Waals surface area contributed by atoms with Crippen LogP contribution < -0.4 is 5.32 Å². The molecule has 0 bridgehead atoms. The molecule has 5 heteroatoms. The second kappa shape index (κ2) is 5.70. The number of hydrogen-bond donors (Lipinski definition) is 1. The number of para-hydroxylation sites is 2. The van der Waals surface area contributed by atoms with E-state index in [9.17, 15) is 4.79 Å². The van der Waals surface area contributed by atoms with Gasteiger partial charge in [0.15, 0.2) is 5.78 Å². The molecule has 0 saturated heterocycles. The van der Waals surface area contributed by atoms with Gasteiger partial charge in [-0.1, -0.05) is 55.8 Å². The number of rotatable bonds is 1. The highest BCUT2D eigenvalue weighted by molar-refractivity contribution is 6.31. The Balaban J connectivity index is 1.82. The van der Waals surface area contributed by atoms with Gasteiger partial charge >= 0.3 is 0 Å². The number of nitrogens with one attached hydrogen (secondary N) is 1. The third kappa shape index (κ3) is 2.51. The molecule has 1 unspecified atom stereocenters. The van der Waals surface area contributed by atoms with Gasteiger partial charge in [-0.3, -0.25) is 9.36 Å². The standard InChI is InChI=1S/C22H20ClN3O/c1-22(2)11-16-19(18(27)12-22)20(13-7-3-4-8-14(13)23)26-17-10-6-5-9-15(17)24-21(26)25-16/h3-10,20H,11-12H2,1-2H3,(H,24,25). The smallest absolute Gasteiger partial charge is 0.209 e. The first-order valence-corrected chi connectivity index (χ1v) is 9.57. The Hall–Kier alpha value is -2.59. The first-order chi connectivity index (χ1) is 12.9. The number of Topliss-reactive ketones (excluding diaryl/α,β-unsaturated/α-hetero) is 1. The highest BCUT2D eigenvalue weighted by atomic mass is 35.5. The van der Waals surface area contributed by atoms with Crippen LogP contribution in [0.1, 0.15) is 38.3 Å². The Morgan fingerprint density at radius 1 is 1.11 bits per heavy atom. The number of fused-ring (bicyclic) bond motifs is 3. The van der Waals surface area contributed by atoms with E-state index in [4.69, 9.17) is 16.6 Å². The fourth-order valence-corrected chi connectivity index (χ4v) is 4.65. The first-order valence-electron chi connectivity index (χ1n) is 9.19. The quantitative estimate of drug-likeness (QED) is 0.622. The van der Waals surface area contributed by atoms with Crippen LogP contribution in [0.4, 0.5) is 5.95 Å². The number of hydrogen-bond acceptors (Lipinski definition) is 3. The van der Waals surface area contributed by atoms with Crippen LogP contribution in [-0.4, -0.2) is 15.3 Å². The largest absolute Gasteiger partial charge is 0.329 e. The topological polar surface area (TPSA) is 46.9 Å². The molecule has 27 heavy (non-hydrogen) atoms. The summed E-state index contributed by atoms with van der Waals surface area (Å²) in [6, 6.07) is 15.5. The molecule has 1 aromatic heterocycles. The van der Waals surface area contributed by atoms with Gasteiger partial charge in [-0.05, 0) is 35.6 Å². The number of benzene rings is 2. The third-order valence-corrected chi connectivity index (χ3v) is 5.85. The molecule has 2 aliphatic rings. The van der Waals surface area contributed by atoms with E-state index in [0.29, 0.717) is 11.4 Å². The lowest BCUT2D eigenvalue weighted by molar-refractivity contribution is -0.118. The van der Waals surface area contributed by atoms with Gasteiger partial charge in [0, 0.05) is 22.7 Å². The average molecular weight is 378 g/mol. The second-order valence-electron chi connectivity index (χ2n) is 8.18. The maximum absolute atomic E-state index is 13.2. The highest BCUT2D eigenvalue weighted by Gasteiger charge is 2.42. The number of halogens is 1. The van der Waals surface area contributed by atoms with Crippen LogP contribution in [-0.2, 0) is 4.79 Å². The molecule has 1 aliphatic heterocycles. The van der Waals surface area contributed by atoms with E-state index < -0.39 is 0 Å². The predicted molar refractivity (Wildman–Crippen MR) is 108 cm³/mol. The van der Waals surface area contributed by atoms with Gasteiger partial charge in [-0.15, -0.1) is 0 Å². The van der Waals surface area contributed by atoms with Crippen molar-refractivity contribution < 1.29 is 4.79 Å². The molecule has 1 aliphatic carbocycles. The molecule has 0 fully saturated rings. The van der Waals surface area contributed by atoms with E-state index in [-0.39, 0.29) is 17.2 Å². The number of aromatic nitrogens is 2. The van der Waals surface area contributed by atoms with Crippen molar-refractivity contribution in [3.8, 4) is 0 Å². The molecule has 1 atom stereocenters. The zero-order valence-electron chi connectivity index (χ0n) is 15.3. The zero-order chi connectivity index (χ0) is 18.8. The molecule has 0 spiro atoms. The number of nitrogens with zero attached hydrogens (tertiary/aromatic N) is 2. The molecule has 0 amide bonds. The Labute approximate surface area is 162 Å². The summed E-state index contributed by atoms with van der Waals surface area (Å²) in [5.41, 5.74) is 4.56. The van der Waals surface area contributed by atoms with Gasteiger partial charge in [0.05, 0.1) is 17.1 Å². The van der Waals surface area contributed by atoms with Crippen molar-refractivity contribution in [2.75, 3.05) is 5.32 Å². The highest BCUT2D eigenvalue weighted by Crippen LogP contribution is 2.47. The number of imidazole rings is 1. The van der Waals surface area contributed by atoms with Gasteiger partial charge in [-0.2, -0.15) is 0 Å². The summed E-state index contributed by atoms with van der Waals surface area (Å²) in [6.07, 6.45) is 1.36. The molecule has 0 radical (unpaired) electrons. The molecule has 2 heterocycles. The lowest BCUT2D eigenvalue weighted by Crippen LogP contribution is -2.36. The van der Waals surface area contributed by atoms with Crippen LogP contribution in [0.3, 0.4) is 0 Å². The van der Waals surface area contributed by atoms with Crippen LogP contribution in [0.15, 0.2) is 59.8 Å². The number of carbonyl (C=O) groups excluding carboxylic acids is 1. The number of ketones is 1. The third-order valence-electron chi connectivity index (χ3n) is 5.51. The van der Waals surface area contributed by atoms with E-state index in [1.807, 2.05) is 48.5 Å². The van der Waals surface area contributed by atoms with E-state index in [1.165, 1.54) is 0 Å². The van der Waals surface area contributed by atoms with Crippen molar-refractivity contribution in [1.82, 2.24) is 9.55 Å². The molecule has 5 rings (SSSR count). The summed E-state index contributed by atoms with van der Waals surface area (Å²) in [4.78, 5) is 18.0. The summed E-state index contributed by atoms with van der Waals surface area (Å²) in [6.45, 7) is 4.27. The summed E-state index contributed by atoms with van der Waals surface area (Å²) < 4.78 is 2.12. The lowest BCUT2D eigenvalue weighted by Gasteiger charge is -2.39. The Morgan fingerprint density at radius 2 is 1.85 bits per heavy atom. The summed E-state index contributed by atoms with van der Waals surface area (Å²) in [7, 11) is 0. The van der Waals surface area contributed by atoms with Crippen LogP contribution >= 0.6 is 11.6 Å². The van der Waals surface area contributed by atoms with E-state index in [2.05, 4.69) is 23.7 Å².